The summed E-state index contributed by atoms with van der Waals surface area (Å²) in [6.45, 7) is 2.40. The number of carbonyl (C=O) groups is 5. The molecular weight excluding hydrogens is 1830 g/mol. The molecule has 4 saturated heterocycles. The molecule has 44 heteroatoms. The number of phosphoric ester groups is 1. The molecule has 0 radical (unpaired) electrons. The van der Waals surface area contributed by atoms with E-state index in [1.54, 1.807) is 19.4 Å². The fourth-order valence-corrected chi connectivity index (χ4v) is 18.4. The standard InChI is InChI=1S/C18H15P.C15H20N2O6.C13H17NO5.C12H19N2O14P3.C10H15IN2O5.C3H6O.2CH4.Pd/c1-4-10-16(11-5-1)19(17-12-6-2-7-13-17)18-14-8-3-9-15-18;1-8(19)3-2-4-9-6-17(12(20)5-10(9)16)15-14(22)13(21)11(7-18)23-15;15-6-9-11(17)12(18)13(19-9)14-5-8-3-1-2-7(8)4-10(14)16;15-9-8(5-25-30(21,22)28-31(23,24)27-29(18,19)20)26-11(10(9)16)14-4-6-2-1-3-7(6)13-12(14)17;11-4-2-13(7(15)1-5(4)12)10-9(17)8(16)6(3-14)18-10;1-3-4-2;;;/h1-15H;6,10-11,13-15,18,21-22H,3,5,7,16H2,1H3;1,3,5,7,9,11-13,15,17-18H,2,4,6H2;1-2,4,7-11,15-16H,3,5H2,(H,13,17)(H,21,22)(H,23,24)(H2,18,19,20);2,5-6,8-10,14,16-17H,1,3,12H2;3H,1H2,2H3;2*1H4;. The molecular formula is C73H100IN7O31P4Pd. The van der Waals surface area contributed by atoms with E-state index in [1.807, 2.05) is 40.8 Å². The van der Waals surface area contributed by atoms with Crippen LogP contribution in [-0.2, 0) is 90.1 Å². The Morgan fingerprint density at radius 1 is 0.581 bits per heavy atom. The first-order chi connectivity index (χ1) is 53.9. The first-order valence-electron chi connectivity index (χ1n) is 35.1. The minimum atomic E-state index is -5.71. The van der Waals surface area contributed by atoms with Crippen molar-refractivity contribution in [2.45, 2.75) is 177 Å². The molecule has 0 saturated carbocycles. The number of urea groups is 1. The molecule has 3 aromatic carbocycles. The van der Waals surface area contributed by atoms with Crippen molar-refractivity contribution in [3.63, 3.8) is 0 Å². The molecule has 10 aliphatic rings. The summed E-state index contributed by atoms with van der Waals surface area (Å²) >= 11 is 2.01. The maximum absolute atomic E-state index is 12.3. The van der Waals surface area contributed by atoms with Crippen LogP contribution in [0.25, 0.3) is 0 Å². The summed E-state index contributed by atoms with van der Waals surface area (Å²) in [6, 6.07) is 30.5. The molecule has 20 N–H and O–H groups in total. The van der Waals surface area contributed by atoms with Crippen LogP contribution in [0.3, 0.4) is 0 Å². The van der Waals surface area contributed by atoms with Crippen molar-refractivity contribution in [2.24, 2.45) is 17.4 Å². The number of halogens is 1. The van der Waals surface area contributed by atoms with E-state index in [1.165, 1.54) is 57.5 Å². The number of fused-ring (bicyclic) bond motifs is 2. The summed E-state index contributed by atoms with van der Waals surface area (Å²) in [7, 11) is -15.6. The average molecular weight is 1930 g/mol. The van der Waals surface area contributed by atoms with Gasteiger partial charge in [-0.3, -0.25) is 43.3 Å². The Kier molecular flexibility index (Phi) is 40.3. The second kappa shape index (κ2) is 46.4. The third-order valence-electron chi connectivity index (χ3n) is 18.3. The first-order valence-corrected chi connectivity index (χ1v) is 42.0. The number of ketones is 1. The van der Waals surface area contributed by atoms with E-state index in [0.717, 1.165) is 30.9 Å². The number of benzene rings is 3. The van der Waals surface area contributed by atoms with Gasteiger partial charge in [-0.05, 0) is 83.3 Å². The zero-order valence-corrected chi connectivity index (χ0v) is 68.6. The van der Waals surface area contributed by atoms with Crippen LogP contribution in [0, 0.1) is 17.8 Å². The van der Waals surface area contributed by atoms with E-state index in [9.17, 15) is 83.4 Å². The quantitative estimate of drug-likeness (QED) is 0.0242. The SMILES string of the molecule is C.C.C=COC.CC(=O)CC#CC1=CN(C2OC(CO)C(O)C2O)C(=O)CC1N.NC1CC(=O)N(C2OC(CO)C(O)C2O)C=C1I.O=C1CC2CC=CC2=CN1C1OC(CO)C(O)C1O.O=C1NC2CC=CC2=CN1C1OC(COP(=O)(O)OP(=O)(O)OP(=O)(O)O)C(O)C1O.[Pd].c1ccc(P(c2ccccc2)c2ccccc2)cc1. The Balaban J connectivity index is 0.000000259. The number of nitrogens with zero attached hydrogens (tertiary/aromatic N) is 4. The number of ether oxygens (including phenoxy) is 5. The summed E-state index contributed by atoms with van der Waals surface area (Å²) in [5.41, 5.74) is 13.8. The third-order valence-corrected chi connectivity index (χ3v) is 25.7. The van der Waals surface area contributed by atoms with Crippen LogP contribution < -0.4 is 32.7 Å². The van der Waals surface area contributed by atoms with Gasteiger partial charge in [0.25, 0.3) is 0 Å². The number of allylic oxidation sites excluding steroid dienone is 3. The maximum atomic E-state index is 12.3. The molecule has 650 valence electrons. The van der Waals surface area contributed by atoms with E-state index in [2.05, 4.69) is 133 Å². The number of hydrogen-bond acceptors (Lipinski definition) is 29. The molecule has 2 aliphatic carbocycles. The summed E-state index contributed by atoms with van der Waals surface area (Å²) in [4.78, 5) is 99.5. The number of nitrogens with two attached hydrogens (primary N) is 2. The smallest absolute Gasteiger partial charge is 0.490 e. The molecule has 3 aromatic rings. The number of nitrogens with one attached hydrogen (secondary N) is 1. The molecule has 8 heterocycles. The zero-order chi connectivity index (χ0) is 83.7. The summed E-state index contributed by atoms with van der Waals surface area (Å²) in [5.74, 6) is 4.76. The third kappa shape index (κ3) is 27.3. The normalized spacial score (nSPS) is 30.8. The van der Waals surface area contributed by atoms with Crippen LogP contribution in [0.5, 0.6) is 0 Å². The van der Waals surface area contributed by atoms with Crippen molar-refractivity contribution in [1.82, 2.24) is 24.9 Å². The first kappa shape index (κ1) is 102. The van der Waals surface area contributed by atoms with Crippen LogP contribution >= 0.6 is 54.0 Å². The summed E-state index contributed by atoms with van der Waals surface area (Å²) in [6.07, 6.45) is -2.60. The number of aliphatic hydroxyl groups excluding tert-OH is 11. The maximum Gasteiger partial charge on any atom is 0.490 e. The second-order valence-electron chi connectivity index (χ2n) is 26.5. The monoisotopic (exact) mass is 1930 g/mol. The van der Waals surface area contributed by atoms with Gasteiger partial charge in [0.05, 0.1) is 52.3 Å². The Bertz CT molecular complexity index is 4150. The predicted octanol–water partition coefficient (Wildman–Crippen LogP) is -0.265. The van der Waals surface area contributed by atoms with Crippen molar-refractivity contribution in [3.8, 4) is 11.8 Å². The minimum absolute atomic E-state index is 0. The topological polar surface area (TPSA) is 591 Å². The van der Waals surface area contributed by atoms with E-state index < -0.39 is 168 Å². The van der Waals surface area contributed by atoms with Crippen LogP contribution in [0.1, 0.15) is 60.3 Å². The molecule has 4 fully saturated rings. The number of Topliss-reactive ketones (excluding diaryl/α,β-unsaturated/α-hetero) is 1. The van der Waals surface area contributed by atoms with E-state index in [4.69, 9.17) is 60.4 Å². The molecule has 0 bridgehead atoms. The molecule has 5 amide bonds. The molecule has 0 spiro atoms. The predicted molar refractivity (Wildman–Crippen MR) is 425 cm³/mol. The molecule has 38 nitrogen and oxygen atoms in total. The van der Waals surface area contributed by atoms with Crippen LogP contribution in [0.2, 0.25) is 0 Å². The summed E-state index contributed by atoms with van der Waals surface area (Å²) < 4.78 is 71.7. The van der Waals surface area contributed by atoms with Gasteiger partial charge >= 0.3 is 29.5 Å². The number of amides is 5. The van der Waals surface area contributed by atoms with Gasteiger partial charge < -0.3 is 116 Å². The fraction of sp³-hybridized carbons (Fsp3) is 0.466. The number of rotatable bonds is 19. The van der Waals surface area contributed by atoms with E-state index in [-0.39, 0.29) is 96.0 Å². The van der Waals surface area contributed by atoms with Crippen molar-refractivity contribution in [2.75, 3.05) is 33.5 Å². The Hall–Kier alpha value is -5.90. The molecule has 0 aromatic heterocycles. The Labute approximate surface area is 703 Å². The minimum Gasteiger partial charge on any atom is -0.505 e. The molecule has 13 rings (SSSR count). The summed E-state index contributed by atoms with van der Waals surface area (Å²) in [5, 5.41) is 113. The van der Waals surface area contributed by atoms with E-state index in [0.29, 0.717) is 18.4 Å². The molecule has 22 atom stereocenters. The van der Waals surface area contributed by atoms with Gasteiger partial charge in [0, 0.05) is 85.7 Å². The van der Waals surface area contributed by atoms with Gasteiger partial charge in [-0.25, -0.2) is 18.5 Å². The van der Waals surface area contributed by atoms with Gasteiger partial charge in [0.15, 0.2) is 24.9 Å². The number of phosphoric acid groups is 3. The number of hydrogen-bond donors (Lipinski definition) is 18. The molecule has 8 aliphatic heterocycles. The fourth-order valence-electron chi connectivity index (χ4n) is 12.6. The van der Waals surface area contributed by atoms with Crippen LogP contribution in [0.15, 0.2) is 173 Å². The largest absolute Gasteiger partial charge is 0.505 e. The molecule has 22 unspecified atom stereocenters. The van der Waals surface area contributed by atoms with Gasteiger partial charge in [0.1, 0.15) is 79.0 Å². The number of aliphatic hydroxyl groups is 11. The van der Waals surface area contributed by atoms with E-state index >= 15 is 0 Å². The number of carbonyl (C=O) groups excluding carboxylic acids is 5. The van der Waals surface area contributed by atoms with Crippen LogP contribution in [0.4, 0.5) is 4.79 Å². The molecule has 117 heavy (non-hydrogen) atoms. The van der Waals surface area contributed by atoms with Crippen molar-refractivity contribution >= 4 is 99.4 Å². The Morgan fingerprint density at radius 3 is 1.41 bits per heavy atom. The van der Waals surface area contributed by atoms with Crippen molar-refractivity contribution in [3.05, 3.63) is 173 Å². The van der Waals surface area contributed by atoms with Gasteiger partial charge in [0.2, 0.25) is 17.7 Å². The zero-order valence-electron chi connectivity index (χ0n) is 61.3. The van der Waals surface area contributed by atoms with Crippen LogP contribution in [-0.4, -0.2) is 275 Å². The van der Waals surface area contributed by atoms with Gasteiger partial charge in [-0.15, -0.1) is 0 Å². The van der Waals surface area contributed by atoms with Gasteiger partial charge in [-0.2, -0.15) is 8.62 Å². The van der Waals surface area contributed by atoms with Crippen molar-refractivity contribution < 1.29 is 171 Å². The van der Waals surface area contributed by atoms with Gasteiger partial charge in [-0.1, -0.05) is 149 Å². The van der Waals surface area contributed by atoms with Crippen molar-refractivity contribution in [1.29, 1.82) is 0 Å². The Morgan fingerprint density at radius 2 is 0.974 bits per heavy atom. The number of methoxy groups -OCH3 is 1. The average Bonchev–Trinajstić information content (AvgIpc) is 1.64. The second-order valence-corrected chi connectivity index (χ2v) is 34.4.